The summed E-state index contributed by atoms with van der Waals surface area (Å²) >= 11 is 1.69. The average molecular weight is 529 g/mol. The highest BCUT2D eigenvalue weighted by Crippen LogP contribution is 2.30. The molecular formula is C27H36N4O3S2. The molecule has 9 heteroatoms. The van der Waals surface area contributed by atoms with Gasteiger partial charge in [0.05, 0.1) is 15.1 Å². The highest BCUT2D eigenvalue weighted by Gasteiger charge is 2.26. The van der Waals surface area contributed by atoms with Crippen LogP contribution in [0, 0.1) is 6.92 Å². The van der Waals surface area contributed by atoms with Crippen LogP contribution in [0.1, 0.15) is 55.5 Å². The Balaban J connectivity index is 1.39. The number of benzene rings is 2. The number of sulfonamides is 1. The summed E-state index contributed by atoms with van der Waals surface area (Å²) in [6.07, 6.45) is 3.55. The fourth-order valence-electron chi connectivity index (χ4n) is 4.38. The molecule has 7 nitrogen and oxygen atoms in total. The zero-order chi connectivity index (χ0) is 25.7. The molecular weight excluding hydrogens is 492 g/mol. The lowest BCUT2D eigenvalue weighted by atomic mass is 10.2. The van der Waals surface area contributed by atoms with Gasteiger partial charge in [0.25, 0.3) is 5.91 Å². The van der Waals surface area contributed by atoms with Gasteiger partial charge in [-0.3, -0.25) is 4.79 Å². The third kappa shape index (κ3) is 5.90. The molecule has 0 bridgehead atoms. The number of carbonyl (C=O) groups excluding carboxylic acids is 1. The van der Waals surface area contributed by atoms with E-state index < -0.39 is 10.0 Å². The normalized spacial score (nSPS) is 14.7. The molecule has 1 amide bonds. The van der Waals surface area contributed by atoms with Crippen molar-refractivity contribution in [2.24, 2.45) is 0 Å². The Kier molecular flexibility index (Phi) is 8.64. The number of aryl methyl sites for hydroxylation is 1. The Bertz CT molecular complexity index is 1270. The monoisotopic (exact) mass is 528 g/mol. The van der Waals surface area contributed by atoms with Crippen LogP contribution in [-0.4, -0.2) is 67.8 Å². The third-order valence-electron chi connectivity index (χ3n) is 6.63. The first-order valence-electron chi connectivity index (χ1n) is 12.8. The van der Waals surface area contributed by atoms with Gasteiger partial charge in [0.1, 0.15) is 0 Å². The van der Waals surface area contributed by atoms with E-state index in [1.54, 1.807) is 39.9 Å². The van der Waals surface area contributed by atoms with Crippen LogP contribution in [-0.2, 0) is 10.0 Å². The molecule has 1 aliphatic rings. The molecule has 194 valence electrons. The lowest BCUT2D eigenvalue weighted by molar-refractivity contribution is 0.0746. The van der Waals surface area contributed by atoms with E-state index in [1.165, 1.54) is 10.3 Å². The van der Waals surface area contributed by atoms with Crippen LogP contribution < -0.4 is 4.90 Å². The molecule has 0 atom stereocenters. The number of rotatable bonds is 10. The Morgan fingerprint density at radius 1 is 0.972 bits per heavy atom. The second kappa shape index (κ2) is 11.7. The standard InChI is InChI=1S/C27H36N4O3S2/c1-4-6-14-31(15-7-5-2)36(33,34)23-11-9-22(10-12-23)26(32)29-16-18-30(19-17-29)27-28-24-13-8-21(3)20-25(24)35-27/h8-13,20H,4-7,14-19H2,1-3H3. The van der Waals surface area contributed by atoms with Gasteiger partial charge in [-0.1, -0.05) is 44.1 Å². The van der Waals surface area contributed by atoms with Crippen molar-refractivity contribution in [3.8, 4) is 0 Å². The molecule has 2 aromatic carbocycles. The summed E-state index contributed by atoms with van der Waals surface area (Å²) in [7, 11) is -3.57. The van der Waals surface area contributed by atoms with Gasteiger partial charge in [-0.2, -0.15) is 4.31 Å². The third-order valence-corrected chi connectivity index (χ3v) is 9.62. The SMILES string of the molecule is CCCCN(CCCC)S(=O)(=O)c1ccc(C(=O)N2CCN(c3nc4ccc(C)cc4s3)CC2)cc1. The Labute approximate surface area is 218 Å². The fourth-order valence-corrected chi connectivity index (χ4v) is 7.01. The lowest BCUT2D eigenvalue weighted by Gasteiger charge is -2.34. The molecule has 36 heavy (non-hydrogen) atoms. The van der Waals surface area contributed by atoms with Crippen LogP contribution in [0.25, 0.3) is 10.2 Å². The zero-order valence-electron chi connectivity index (χ0n) is 21.4. The number of nitrogens with zero attached hydrogens (tertiary/aromatic N) is 4. The van der Waals surface area contributed by atoms with Crippen LogP contribution in [0.5, 0.6) is 0 Å². The molecule has 1 aromatic heterocycles. The molecule has 0 spiro atoms. The van der Waals surface area contributed by atoms with Crippen molar-refractivity contribution in [1.82, 2.24) is 14.2 Å². The highest BCUT2D eigenvalue weighted by molar-refractivity contribution is 7.89. The Hall–Kier alpha value is -2.49. The quantitative estimate of drug-likeness (QED) is 0.364. The molecule has 0 aliphatic carbocycles. The maximum absolute atomic E-state index is 13.2. The summed E-state index contributed by atoms with van der Waals surface area (Å²) in [5.74, 6) is -0.0626. The van der Waals surface area contributed by atoms with Gasteiger partial charge in [-0.15, -0.1) is 0 Å². The van der Waals surface area contributed by atoms with E-state index in [0.717, 1.165) is 49.4 Å². The smallest absolute Gasteiger partial charge is 0.253 e. The summed E-state index contributed by atoms with van der Waals surface area (Å²) in [4.78, 5) is 22.2. The summed E-state index contributed by atoms with van der Waals surface area (Å²) < 4.78 is 29.2. The van der Waals surface area contributed by atoms with Crippen LogP contribution >= 0.6 is 11.3 Å². The molecule has 1 aliphatic heterocycles. The molecule has 1 saturated heterocycles. The predicted octanol–water partition coefficient (Wildman–Crippen LogP) is 5.16. The van der Waals surface area contributed by atoms with Crippen LogP contribution in [0.4, 0.5) is 5.13 Å². The zero-order valence-corrected chi connectivity index (χ0v) is 23.1. The minimum Gasteiger partial charge on any atom is -0.345 e. The molecule has 0 radical (unpaired) electrons. The van der Waals surface area contributed by atoms with Crippen molar-refractivity contribution in [2.45, 2.75) is 51.3 Å². The topological polar surface area (TPSA) is 73.8 Å². The van der Waals surface area contributed by atoms with E-state index in [4.69, 9.17) is 4.98 Å². The average Bonchev–Trinajstić information content (AvgIpc) is 3.31. The van der Waals surface area contributed by atoms with Gasteiger partial charge in [0.2, 0.25) is 10.0 Å². The maximum atomic E-state index is 13.2. The van der Waals surface area contributed by atoms with Gasteiger partial charge >= 0.3 is 0 Å². The number of aromatic nitrogens is 1. The van der Waals surface area contributed by atoms with Crippen molar-refractivity contribution in [3.05, 3.63) is 53.6 Å². The van der Waals surface area contributed by atoms with Gasteiger partial charge < -0.3 is 9.80 Å². The number of unbranched alkanes of at least 4 members (excludes halogenated alkanes) is 2. The van der Waals surface area contributed by atoms with Crippen LogP contribution in [0.15, 0.2) is 47.4 Å². The van der Waals surface area contributed by atoms with E-state index in [9.17, 15) is 13.2 Å². The number of hydrogen-bond donors (Lipinski definition) is 0. The number of hydrogen-bond acceptors (Lipinski definition) is 6. The number of piperazine rings is 1. The molecule has 0 unspecified atom stereocenters. The van der Waals surface area contributed by atoms with Crippen molar-refractivity contribution in [2.75, 3.05) is 44.2 Å². The Morgan fingerprint density at radius 3 is 2.22 bits per heavy atom. The van der Waals surface area contributed by atoms with E-state index in [-0.39, 0.29) is 10.8 Å². The van der Waals surface area contributed by atoms with Crippen molar-refractivity contribution >= 4 is 42.6 Å². The maximum Gasteiger partial charge on any atom is 0.253 e. The predicted molar refractivity (Wildman–Crippen MR) is 147 cm³/mol. The molecule has 0 saturated carbocycles. The largest absolute Gasteiger partial charge is 0.345 e. The van der Waals surface area contributed by atoms with E-state index in [1.807, 2.05) is 4.90 Å². The number of thiazole rings is 1. The minimum atomic E-state index is -3.57. The van der Waals surface area contributed by atoms with E-state index >= 15 is 0 Å². The number of carbonyl (C=O) groups is 1. The first-order chi connectivity index (χ1) is 17.3. The first-order valence-corrected chi connectivity index (χ1v) is 15.1. The van der Waals surface area contributed by atoms with Crippen LogP contribution in [0.3, 0.4) is 0 Å². The number of anilines is 1. The molecule has 2 heterocycles. The summed E-state index contributed by atoms with van der Waals surface area (Å²) in [6.45, 7) is 9.92. The first kappa shape index (κ1) is 26.6. The van der Waals surface area contributed by atoms with Crippen molar-refractivity contribution in [3.63, 3.8) is 0 Å². The van der Waals surface area contributed by atoms with Crippen LogP contribution in [0.2, 0.25) is 0 Å². The lowest BCUT2D eigenvalue weighted by Crippen LogP contribution is -2.48. The van der Waals surface area contributed by atoms with Crippen molar-refractivity contribution in [1.29, 1.82) is 0 Å². The van der Waals surface area contributed by atoms with Gasteiger partial charge in [-0.25, -0.2) is 13.4 Å². The highest BCUT2D eigenvalue weighted by atomic mass is 32.2. The van der Waals surface area contributed by atoms with Gasteiger partial charge in [0, 0.05) is 44.8 Å². The van der Waals surface area contributed by atoms with E-state index in [0.29, 0.717) is 31.7 Å². The second-order valence-corrected chi connectivity index (χ2v) is 12.3. The van der Waals surface area contributed by atoms with Gasteiger partial charge in [-0.05, 0) is 61.7 Å². The molecule has 4 rings (SSSR count). The molecule has 0 N–H and O–H groups in total. The summed E-state index contributed by atoms with van der Waals surface area (Å²) in [5.41, 5.74) is 2.75. The van der Waals surface area contributed by atoms with E-state index in [2.05, 4.69) is 43.9 Å². The number of fused-ring (bicyclic) bond motifs is 1. The second-order valence-electron chi connectivity index (χ2n) is 9.38. The van der Waals surface area contributed by atoms with Crippen molar-refractivity contribution < 1.29 is 13.2 Å². The Morgan fingerprint density at radius 2 is 1.61 bits per heavy atom. The minimum absolute atomic E-state index is 0.0626. The van der Waals surface area contributed by atoms with Gasteiger partial charge in [0.15, 0.2) is 5.13 Å². The summed E-state index contributed by atoms with van der Waals surface area (Å²) in [5, 5.41) is 0.993. The fraction of sp³-hybridized carbons (Fsp3) is 0.481. The number of amides is 1. The molecule has 1 fully saturated rings. The summed E-state index contributed by atoms with van der Waals surface area (Å²) in [6, 6.07) is 12.7. The molecule has 3 aromatic rings.